The molecule has 0 unspecified atom stereocenters. The van der Waals surface area contributed by atoms with Gasteiger partial charge < -0.3 is 16.4 Å². The summed E-state index contributed by atoms with van der Waals surface area (Å²) in [6, 6.07) is 16.8. The van der Waals surface area contributed by atoms with Crippen LogP contribution in [0.25, 0.3) is 5.69 Å². The van der Waals surface area contributed by atoms with Crippen molar-refractivity contribution >= 4 is 29.2 Å². The summed E-state index contributed by atoms with van der Waals surface area (Å²) in [5, 5.41) is 9.60. The Morgan fingerprint density at radius 2 is 1.70 bits per heavy atom. The quantitative estimate of drug-likeness (QED) is 0.643. The molecule has 0 fully saturated rings. The summed E-state index contributed by atoms with van der Waals surface area (Å²) in [5.41, 5.74) is 6.73. The smallest absolute Gasteiger partial charge is 0.276 e. The number of hydrogen-bond donors (Lipinski definition) is 3. The highest BCUT2D eigenvalue weighted by atomic mass is 16.2. The molecule has 2 aromatic carbocycles. The van der Waals surface area contributed by atoms with Gasteiger partial charge in [-0.2, -0.15) is 5.10 Å². The zero-order valence-electron chi connectivity index (χ0n) is 14.5. The summed E-state index contributed by atoms with van der Waals surface area (Å²) in [6.07, 6.45) is 0. The number of anilines is 2. The lowest BCUT2D eigenvalue weighted by molar-refractivity contribution is -0.114. The fourth-order valence-electron chi connectivity index (χ4n) is 2.47. The van der Waals surface area contributed by atoms with Crippen LogP contribution in [0.2, 0.25) is 0 Å². The van der Waals surface area contributed by atoms with Crippen LogP contribution in [0.15, 0.2) is 60.7 Å². The number of para-hydroxylation sites is 1. The van der Waals surface area contributed by atoms with Gasteiger partial charge in [0.2, 0.25) is 11.8 Å². The maximum Gasteiger partial charge on any atom is 0.276 e. The summed E-state index contributed by atoms with van der Waals surface area (Å²) >= 11 is 0. The van der Waals surface area contributed by atoms with E-state index in [0.717, 1.165) is 0 Å². The lowest BCUT2D eigenvalue weighted by Gasteiger charge is -2.06. The summed E-state index contributed by atoms with van der Waals surface area (Å²) in [6.45, 7) is 1.37. The minimum Gasteiger partial charge on any atom is -0.366 e. The number of nitrogens with zero attached hydrogens (tertiary/aromatic N) is 2. The standard InChI is InChI=1S/C19H17N5O3/c1-12(25)21-17-11-16(23-24(17)15-8-3-2-4-9-15)19(27)22-14-7-5-6-13(10-14)18(20)26/h2-11H,1H3,(H2,20,26)(H,21,25)(H,22,27). The molecule has 0 aliphatic carbocycles. The molecule has 136 valence electrons. The van der Waals surface area contributed by atoms with Crippen molar-refractivity contribution in [2.75, 3.05) is 10.6 Å². The minimum absolute atomic E-state index is 0.104. The van der Waals surface area contributed by atoms with Crippen LogP contribution in [0.5, 0.6) is 0 Å². The maximum atomic E-state index is 12.6. The minimum atomic E-state index is -0.590. The van der Waals surface area contributed by atoms with Gasteiger partial charge in [-0.1, -0.05) is 24.3 Å². The fourth-order valence-corrected chi connectivity index (χ4v) is 2.47. The van der Waals surface area contributed by atoms with Crippen molar-refractivity contribution in [3.8, 4) is 5.69 Å². The van der Waals surface area contributed by atoms with Crippen molar-refractivity contribution in [1.29, 1.82) is 0 Å². The number of hydrogen-bond acceptors (Lipinski definition) is 4. The number of amides is 3. The number of carbonyl (C=O) groups excluding carboxylic acids is 3. The van der Waals surface area contributed by atoms with Crippen LogP contribution in [0.3, 0.4) is 0 Å². The maximum absolute atomic E-state index is 12.6. The molecule has 0 bridgehead atoms. The summed E-state index contributed by atoms with van der Waals surface area (Å²) < 4.78 is 1.47. The Kier molecular flexibility index (Phi) is 4.98. The van der Waals surface area contributed by atoms with Gasteiger partial charge in [-0.05, 0) is 30.3 Å². The van der Waals surface area contributed by atoms with Gasteiger partial charge in [0.15, 0.2) is 5.69 Å². The predicted octanol–water partition coefficient (Wildman–Crippen LogP) is 2.18. The van der Waals surface area contributed by atoms with E-state index in [1.54, 1.807) is 30.3 Å². The molecule has 8 nitrogen and oxygen atoms in total. The van der Waals surface area contributed by atoms with E-state index < -0.39 is 11.8 Å². The van der Waals surface area contributed by atoms with E-state index in [-0.39, 0.29) is 17.2 Å². The van der Waals surface area contributed by atoms with Crippen LogP contribution in [-0.4, -0.2) is 27.5 Å². The first-order valence-electron chi connectivity index (χ1n) is 8.08. The molecule has 27 heavy (non-hydrogen) atoms. The first-order chi connectivity index (χ1) is 12.9. The highest BCUT2D eigenvalue weighted by Crippen LogP contribution is 2.19. The van der Waals surface area contributed by atoms with Crippen LogP contribution in [-0.2, 0) is 4.79 Å². The first kappa shape index (κ1) is 17.9. The Morgan fingerprint density at radius 1 is 0.963 bits per heavy atom. The van der Waals surface area contributed by atoms with Gasteiger partial charge in [-0.15, -0.1) is 0 Å². The third-order valence-electron chi connectivity index (χ3n) is 3.65. The Balaban J connectivity index is 1.91. The van der Waals surface area contributed by atoms with Crippen LogP contribution in [0.1, 0.15) is 27.8 Å². The van der Waals surface area contributed by atoms with Gasteiger partial charge in [-0.25, -0.2) is 4.68 Å². The van der Waals surface area contributed by atoms with Crippen LogP contribution in [0, 0.1) is 0 Å². The number of carbonyl (C=O) groups is 3. The van der Waals surface area contributed by atoms with Crippen molar-refractivity contribution in [1.82, 2.24) is 9.78 Å². The third-order valence-corrected chi connectivity index (χ3v) is 3.65. The molecule has 0 atom stereocenters. The second kappa shape index (κ2) is 7.52. The molecule has 0 aliphatic heterocycles. The zero-order valence-corrected chi connectivity index (χ0v) is 14.5. The molecule has 0 aliphatic rings. The molecular weight excluding hydrogens is 346 g/mol. The molecule has 3 aromatic rings. The normalized spacial score (nSPS) is 10.3. The van der Waals surface area contributed by atoms with Crippen molar-refractivity contribution in [2.24, 2.45) is 5.73 Å². The number of benzene rings is 2. The van der Waals surface area contributed by atoms with Crippen LogP contribution in [0.4, 0.5) is 11.5 Å². The molecule has 8 heteroatoms. The number of nitrogens with two attached hydrogens (primary N) is 1. The van der Waals surface area contributed by atoms with E-state index in [4.69, 9.17) is 5.73 Å². The van der Waals surface area contributed by atoms with Crippen molar-refractivity contribution in [3.63, 3.8) is 0 Å². The van der Waals surface area contributed by atoms with E-state index in [1.807, 2.05) is 18.2 Å². The van der Waals surface area contributed by atoms with E-state index in [0.29, 0.717) is 17.2 Å². The molecule has 1 aromatic heterocycles. The Hall–Kier alpha value is -3.94. The lowest BCUT2D eigenvalue weighted by Crippen LogP contribution is -2.15. The molecule has 1 heterocycles. The van der Waals surface area contributed by atoms with Crippen molar-refractivity contribution in [2.45, 2.75) is 6.92 Å². The van der Waals surface area contributed by atoms with E-state index in [2.05, 4.69) is 15.7 Å². The van der Waals surface area contributed by atoms with E-state index in [1.165, 1.54) is 23.7 Å². The highest BCUT2D eigenvalue weighted by molar-refractivity contribution is 6.04. The van der Waals surface area contributed by atoms with E-state index >= 15 is 0 Å². The second-order valence-electron chi connectivity index (χ2n) is 5.74. The molecule has 4 N–H and O–H groups in total. The summed E-state index contributed by atoms with van der Waals surface area (Å²) in [5.74, 6) is -0.997. The van der Waals surface area contributed by atoms with Gasteiger partial charge in [0.1, 0.15) is 5.82 Å². The predicted molar refractivity (Wildman–Crippen MR) is 101 cm³/mol. The number of nitrogens with one attached hydrogen (secondary N) is 2. The van der Waals surface area contributed by atoms with Crippen LogP contribution >= 0.6 is 0 Å². The average molecular weight is 363 g/mol. The van der Waals surface area contributed by atoms with Gasteiger partial charge in [0.05, 0.1) is 5.69 Å². The monoisotopic (exact) mass is 363 g/mol. The SMILES string of the molecule is CC(=O)Nc1cc(C(=O)Nc2cccc(C(N)=O)c2)nn1-c1ccccc1. The zero-order chi connectivity index (χ0) is 19.4. The van der Waals surface area contributed by atoms with Crippen LogP contribution < -0.4 is 16.4 Å². The molecule has 0 saturated carbocycles. The topological polar surface area (TPSA) is 119 Å². The molecular formula is C19H17N5O3. The van der Waals surface area contributed by atoms with Gasteiger partial charge >= 0.3 is 0 Å². The molecule has 0 spiro atoms. The average Bonchev–Trinajstić information content (AvgIpc) is 3.06. The van der Waals surface area contributed by atoms with Gasteiger partial charge in [0.25, 0.3) is 5.91 Å². The Labute approximate surface area is 155 Å². The summed E-state index contributed by atoms with van der Waals surface area (Å²) in [7, 11) is 0. The number of primary amides is 1. The summed E-state index contributed by atoms with van der Waals surface area (Å²) in [4.78, 5) is 35.3. The molecule has 0 saturated heterocycles. The van der Waals surface area contributed by atoms with Gasteiger partial charge in [-0.3, -0.25) is 14.4 Å². The molecule has 0 radical (unpaired) electrons. The third kappa shape index (κ3) is 4.18. The lowest BCUT2D eigenvalue weighted by atomic mass is 10.2. The molecule has 3 amide bonds. The van der Waals surface area contributed by atoms with Gasteiger partial charge in [0, 0.05) is 24.2 Å². The molecule has 3 rings (SSSR count). The number of rotatable bonds is 5. The largest absolute Gasteiger partial charge is 0.366 e. The second-order valence-corrected chi connectivity index (χ2v) is 5.74. The Bertz CT molecular complexity index is 1010. The van der Waals surface area contributed by atoms with Crippen molar-refractivity contribution < 1.29 is 14.4 Å². The van der Waals surface area contributed by atoms with Crippen molar-refractivity contribution in [3.05, 3.63) is 71.9 Å². The van der Waals surface area contributed by atoms with E-state index in [9.17, 15) is 14.4 Å². The number of aromatic nitrogens is 2. The highest BCUT2D eigenvalue weighted by Gasteiger charge is 2.17. The Morgan fingerprint density at radius 3 is 2.37 bits per heavy atom. The first-order valence-corrected chi connectivity index (χ1v) is 8.08. The fraction of sp³-hybridized carbons (Fsp3) is 0.0526.